The Morgan fingerprint density at radius 3 is 2.75 bits per heavy atom. The number of nitrogens with zero attached hydrogens (tertiary/aromatic N) is 3. The molecule has 1 N–H and O–H groups in total. The third kappa shape index (κ3) is 2.32. The van der Waals surface area contributed by atoms with Gasteiger partial charge < -0.3 is 5.11 Å². The SMILES string of the molecule is O=S(=O)(c1cccc2nsnc12)N1CCC(CO)CC1. The summed E-state index contributed by atoms with van der Waals surface area (Å²) in [6.07, 6.45) is 1.39. The molecule has 6 nitrogen and oxygen atoms in total. The van der Waals surface area contributed by atoms with E-state index >= 15 is 0 Å². The van der Waals surface area contributed by atoms with Gasteiger partial charge in [0.05, 0.1) is 11.7 Å². The molecule has 8 heteroatoms. The van der Waals surface area contributed by atoms with Crippen molar-refractivity contribution in [2.45, 2.75) is 17.7 Å². The molecule has 1 aliphatic heterocycles. The highest BCUT2D eigenvalue weighted by Gasteiger charge is 2.31. The molecule has 0 radical (unpaired) electrons. The predicted molar refractivity (Wildman–Crippen MR) is 76.0 cm³/mol. The summed E-state index contributed by atoms with van der Waals surface area (Å²) in [7, 11) is -3.53. The van der Waals surface area contributed by atoms with E-state index in [0.717, 1.165) is 11.7 Å². The minimum absolute atomic E-state index is 0.124. The van der Waals surface area contributed by atoms with Crippen molar-refractivity contribution in [3.63, 3.8) is 0 Å². The first-order chi connectivity index (χ1) is 9.63. The van der Waals surface area contributed by atoms with Gasteiger partial charge in [-0.2, -0.15) is 13.1 Å². The topological polar surface area (TPSA) is 83.4 Å². The van der Waals surface area contributed by atoms with Crippen LogP contribution >= 0.6 is 11.7 Å². The monoisotopic (exact) mass is 313 g/mol. The van der Waals surface area contributed by atoms with E-state index in [2.05, 4.69) is 8.75 Å². The van der Waals surface area contributed by atoms with Crippen molar-refractivity contribution in [1.29, 1.82) is 0 Å². The number of sulfonamides is 1. The Hall–Kier alpha value is -1.09. The second-order valence-electron chi connectivity index (χ2n) is 4.92. The summed E-state index contributed by atoms with van der Waals surface area (Å²) >= 11 is 1.02. The number of aromatic nitrogens is 2. The summed E-state index contributed by atoms with van der Waals surface area (Å²) in [6.45, 7) is 1.02. The molecule has 20 heavy (non-hydrogen) atoms. The van der Waals surface area contributed by atoms with Gasteiger partial charge in [0.25, 0.3) is 0 Å². The summed E-state index contributed by atoms with van der Waals surface area (Å²) in [5, 5.41) is 9.13. The van der Waals surface area contributed by atoms with Gasteiger partial charge in [-0.05, 0) is 30.9 Å². The van der Waals surface area contributed by atoms with Gasteiger partial charge in [-0.15, -0.1) is 0 Å². The molecule has 3 rings (SSSR count). The van der Waals surface area contributed by atoms with Crippen LogP contribution in [0.1, 0.15) is 12.8 Å². The maximum absolute atomic E-state index is 12.7. The molecule has 2 aromatic rings. The fourth-order valence-electron chi connectivity index (χ4n) is 2.46. The van der Waals surface area contributed by atoms with E-state index < -0.39 is 10.0 Å². The van der Waals surface area contributed by atoms with Crippen LogP contribution in [-0.2, 0) is 10.0 Å². The zero-order valence-electron chi connectivity index (χ0n) is 10.8. The molecule has 1 aromatic carbocycles. The molecule has 1 saturated heterocycles. The highest BCUT2D eigenvalue weighted by Crippen LogP contribution is 2.27. The van der Waals surface area contributed by atoms with E-state index in [-0.39, 0.29) is 17.4 Å². The second-order valence-corrected chi connectivity index (χ2v) is 7.35. The molecule has 0 spiro atoms. The van der Waals surface area contributed by atoms with E-state index in [9.17, 15) is 8.42 Å². The predicted octanol–water partition coefficient (Wildman–Crippen LogP) is 1.08. The molecule has 0 aliphatic carbocycles. The van der Waals surface area contributed by atoms with Crippen LogP contribution in [0.3, 0.4) is 0 Å². The molecule has 2 heterocycles. The number of rotatable bonds is 3. The summed E-state index contributed by atoms with van der Waals surface area (Å²) in [4.78, 5) is 0.228. The quantitative estimate of drug-likeness (QED) is 0.917. The van der Waals surface area contributed by atoms with Gasteiger partial charge in [0.15, 0.2) is 0 Å². The van der Waals surface area contributed by atoms with Crippen molar-refractivity contribution >= 4 is 32.8 Å². The van der Waals surface area contributed by atoms with Crippen LogP contribution in [-0.4, -0.2) is 46.3 Å². The van der Waals surface area contributed by atoms with Crippen LogP contribution in [0.15, 0.2) is 23.1 Å². The van der Waals surface area contributed by atoms with Gasteiger partial charge in [0.2, 0.25) is 10.0 Å². The summed E-state index contributed by atoms with van der Waals surface area (Å²) in [5.41, 5.74) is 1.06. The van der Waals surface area contributed by atoms with Crippen molar-refractivity contribution in [3.8, 4) is 0 Å². The summed E-state index contributed by atoms with van der Waals surface area (Å²) in [6, 6.07) is 5.03. The average Bonchev–Trinajstić information content (AvgIpc) is 2.95. The standard InChI is InChI=1S/C12H15N3O3S2/c16-8-9-4-6-15(7-5-9)20(17,18)11-3-1-2-10-12(11)14-19-13-10/h1-3,9,16H,4-8H2. The third-order valence-corrected chi connectivity index (χ3v) is 6.17. The van der Waals surface area contributed by atoms with Crippen molar-refractivity contribution in [3.05, 3.63) is 18.2 Å². The van der Waals surface area contributed by atoms with Crippen LogP contribution in [0.2, 0.25) is 0 Å². The molecule has 0 amide bonds. The zero-order valence-corrected chi connectivity index (χ0v) is 12.4. The van der Waals surface area contributed by atoms with Crippen molar-refractivity contribution in [2.75, 3.05) is 19.7 Å². The zero-order chi connectivity index (χ0) is 14.2. The van der Waals surface area contributed by atoms with Crippen LogP contribution in [0, 0.1) is 5.92 Å². The largest absolute Gasteiger partial charge is 0.396 e. The number of benzene rings is 1. The van der Waals surface area contributed by atoms with Gasteiger partial charge in [-0.25, -0.2) is 8.42 Å². The average molecular weight is 313 g/mol. The molecule has 1 aromatic heterocycles. The molecule has 0 bridgehead atoms. The van der Waals surface area contributed by atoms with Gasteiger partial charge in [-0.1, -0.05) is 6.07 Å². The highest BCUT2D eigenvalue weighted by atomic mass is 32.2. The number of aliphatic hydroxyl groups is 1. The maximum atomic E-state index is 12.7. The molecule has 108 valence electrons. The molecule has 1 aliphatic rings. The van der Waals surface area contributed by atoms with Crippen molar-refractivity contribution < 1.29 is 13.5 Å². The first kappa shape index (κ1) is 13.9. The maximum Gasteiger partial charge on any atom is 0.245 e. The smallest absolute Gasteiger partial charge is 0.245 e. The number of hydrogen-bond acceptors (Lipinski definition) is 6. The van der Waals surface area contributed by atoms with Crippen LogP contribution in [0.4, 0.5) is 0 Å². The van der Waals surface area contributed by atoms with E-state index in [0.29, 0.717) is 37.0 Å². The van der Waals surface area contributed by atoms with E-state index in [1.165, 1.54) is 4.31 Å². The van der Waals surface area contributed by atoms with E-state index in [1.54, 1.807) is 18.2 Å². The second kappa shape index (κ2) is 5.36. The fourth-order valence-corrected chi connectivity index (χ4v) is 4.68. The van der Waals surface area contributed by atoms with E-state index in [4.69, 9.17) is 5.11 Å². The minimum Gasteiger partial charge on any atom is -0.396 e. The fraction of sp³-hybridized carbons (Fsp3) is 0.500. The Balaban J connectivity index is 1.94. The Morgan fingerprint density at radius 1 is 1.30 bits per heavy atom. The van der Waals surface area contributed by atoms with Gasteiger partial charge in [-0.3, -0.25) is 0 Å². The van der Waals surface area contributed by atoms with Crippen LogP contribution in [0.25, 0.3) is 11.0 Å². The van der Waals surface area contributed by atoms with Crippen molar-refractivity contribution in [2.24, 2.45) is 5.92 Å². The first-order valence-electron chi connectivity index (χ1n) is 6.45. The summed E-state index contributed by atoms with van der Waals surface area (Å²) in [5.74, 6) is 0.207. The molecule has 0 atom stereocenters. The van der Waals surface area contributed by atoms with Crippen molar-refractivity contribution in [1.82, 2.24) is 13.1 Å². The Labute approximate surface area is 121 Å². The normalized spacial score (nSPS) is 18.6. The van der Waals surface area contributed by atoms with Crippen LogP contribution in [0.5, 0.6) is 0 Å². The van der Waals surface area contributed by atoms with E-state index in [1.807, 2.05) is 0 Å². The Kier molecular flexibility index (Phi) is 3.72. The Bertz CT molecular complexity index is 706. The number of aliphatic hydroxyl groups excluding tert-OH is 1. The van der Waals surface area contributed by atoms with Gasteiger partial charge >= 0.3 is 0 Å². The number of hydrogen-bond donors (Lipinski definition) is 1. The Morgan fingerprint density at radius 2 is 2.05 bits per heavy atom. The molecule has 1 fully saturated rings. The lowest BCUT2D eigenvalue weighted by molar-refractivity contribution is 0.170. The lowest BCUT2D eigenvalue weighted by atomic mass is 10.00. The lowest BCUT2D eigenvalue weighted by Crippen LogP contribution is -2.39. The molecular weight excluding hydrogens is 298 g/mol. The lowest BCUT2D eigenvalue weighted by Gasteiger charge is -2.30. The number of piperidine rings is 1. The molecule has 0 saturated carbocycles. The van der Waals surface area contributed by atoms with Gasteiger partial charge in [0.1, 0.15) is 15.9 Å². The number of fused-ring (bicyclic) bond motifs is 1. The third-order valence-electron chi connectivity index (χ3n) is 3.70. The molecular formula is C12H15N3O3S2. The summed E-state index contributed by atoms with van der Waals surface area (Å²) < 4.78 is 35.0. The van der Waals surface area contributed by atoms with Gasteiger partial charge in [0, 0.05) is 19.7 Å². The highest BCUT2D eigenvalue weighted by molar-refractivity contribution is 7.89. The molecule has 0 unspecified atom stereocenters. The minimum atomic E-state index is -3.53. The first-order valence-corrected chi connectivity index (χ1v) is 8.62. The van der Waals surface area contributed by atoms with Crippen LogP contribution < -0.4 is 0 Å².